The number of Topliss-reactive ketones (excluding diaryl/α,β-unsaturated/α-hetero) is 1. The van der Waals surface area contributed by atoms with Crippen LogP contribution in [0.5, 0.6) is 5.75 Å². The molecule has 8 heteroatoms. The van der Waals surface area contributed by atoms with Crippen LogP contribution < -0.4 is 4.74 Å². The molecule has 0 aliphatic heterocycles. The molecule has 0 fully saturated rings. The van der Waals surface area contributed by atoms with E-state index in [-0.39, 0.29) is 24.6 Å². The molecule has 3 aromatic rings. The van der Waals surface area contributed by atoms with Gasteiger partial charge in [-0.2, -0.15) is 0 Å². The first-order valence-electron chi connectivity index (χ1n) is 11.5. The van der Waals surface area contributed by atoms with Crippen molar-refractivity contribution in [3.8, 4) is 5.75 Å². The molecule has 0 aliphatic rings. The number of methoxy groups -OCH3 is 1. The van der Waals surface area contributed by atoms with Crippen molar-refractivity contribution < 1.29 is 32.3 Å². The Bertz CT molecular complexity index is 1220. The molecule has 0 aromatic heterocycles. The molecule has 0 bridgehead atoms. The van der Waals surface area contributed by atoms with Crippen LogP contribution in [-0.2, 0) is 31.2 Å². The molecule has 0 amide bonds. The maximum Gasteiger partial charge on any atom is 0.337 e. The van der Waals surface area contributed by atoms with E-state index in [1.165, 1.54) is 26.4 Å². The summed E-state index contributed by atoms with van der Waals surface area (Å²) >= 11 is 0. The Hall–Kier alpha value is -2.83. The maximum atomic E-state index is 13.4. The Morgan fingerprint density at radius 1 is 0.861 bits per heavy atom. The second kappa shape index (κ2) is 12.4. The minimum atomic E-state index is -3.44. The van der Waals surface area contributed by atoms with E-state index >= 15 is 0 Å². The average molecular weight is 515 g/mol. The second-order valence-corrected chi connectivity index (χ2v) is 10.9. The number of ketones is 1. The summed E-state index contributed by atoms with van der Waals surface area (Å²) in [5.74, 6) is 0.143. The van der Waals surface area contributed by atoms with Crippen molar-refractivity contribution in [2.75, 3.05) is 34.3 Å². The number of ether oxygens (including phenoxy) is 2. The van der Waals surface area contributed by atoms with Crippen molar-refractivity contribution in [2.45, 2.75) is 26.7 Å². The normalized spacial score (nSPS) is 11.5. The van der Waals surface area contributed by atoms with Crippen molar-refractivity contribution in [3.05, 3.63) is 99.4 Å². The lowest BCUT2D eigenvalue weighted by Gasteiger charge is -2.16. The first-order chi connectivity index (χ1) is 17.2. The molecule has 0 spiro atoms. The molecule has 192 valence electrons. The van der Waals surface area contributed by atoms with E-state index in [0.29, 0.717) is 24.2 Å². The van der Waals surface area contributed by atoms with Crippen molar-refractivity contribution in [1.29, 1.82) is 0 Å². The van der Waals surface area contributed by atoms with Crippen molar-refractivity contribution in [3.63, 3.8) is 0 Å². The highest BCUT2D eigenvalue weighted by Crippen LogP contribution is 2.46. The van der Waals surface area contributed by atoms with Crippen LogP contribution in [0.15, 0.2) is 54.6 Å². The molecule has 0 N–H and O–H groups in total. The number of carbonyl (C=O) groups is 1. The lowest BCUT2D eigenvalue weighted by atomic mass is 9.92. The third-order valence-electron chi connectivity index (χ3n) is 6.06. The summed E-state index contributed by atoms with van der Waals surface area (Å²) < 4.78 is 46.4. The minimum Gasteiger partial charge on any atom is -0.467 e. The van der Waals surface area contributed by atoms with Crippen molar-refractivity contribution >= 4 is 13.4 Å². The Morgan fingerprint density at radius 2 is 1.47 bits per heavy atom. The van der Waals surface area contributed by atoms with Crippen LogP contribution in [0.2, 0.25) is 0 Å². The Balaban J connectivity index is 1.87. The highest BCUT2D eigenvalue weighted by Gasteiger charge is 2.26. The number of rotatable bonds is 12. The van der Waals surface area contributed by atoms with Crippen LogP contribution in [-0.4, -0.2) is 40.1 Å². The van der Waals surface area contributed by atoms with Gasteiger partial charge in [-0.25, -0.2) is 4.39 Å². The Labute approximate surface area is 211 Å². The molecule has 6 nitrogen and oxygen atoms in total. The summed E-state index contributed by atoms with van der Waals surface area (Å²) in [6.45, 7) is 4.05. The highest BCUT2D eigenvalue weighted by molar-refractivity contribution is 7.54. The number of hydrogen-bond donors (Lipinski definition) is 0. The zero-order chi connectivity index (χ0) is 26.3. The quantitative estimate of drug-likeness (QED) is 0.161. The SMILES string of the molecule is COCOc1ccc(Cc2c(C)cc(C(=O)CP(=O)(OC)OC)cc2C)cc1Cc1ccc(F)cc1. The molecule has 0 unspecified atom stereocenters. The monoisotopic (exact) mass is 514 g/mol. The predicted molar refractivity (Wildman–Crippen MR) is 138 cm³/mol. The molecular weight excluding hydrogens is 482 g/mol. The van der Waals surface area contributed by atoms with Gasteiger partial charge in [0.2, 0.25) is 0 Å². The summed E-state index contributed by atoms with van der Waals surface area (Å²) in [4.78, 5) is 12.7. The van der Waals surface area contributed by atoms with Gasteiger partial charge in [0, 0.05) is 33.3 Å². The second-order valence-electron chi connectivity index (χ2n) is 8.62. The Morgan fingerprint density at radius 3 is 2.06 bits per heavy atom. The van der Waals surface area contributed by atoms with Gasteiger partial charge < -0.3 is 18.5 Å². The fourth-order valence-corrected chi connectivity index (χ4v) is 5.02. The van der Waals surface area contributed by atoms with Gasteiger partial charge in [0.05, 0.1) is 0 Å². The molecule has 0 saturated carbocycles. The van der Waals surface area contributed by atoms with Gasteiger partial charge in [0.15, 0.2) is 12.6 Å². The van der Waals surface area contributed by atoms with E-state index < -0.39 is 7.60 Å². The number of benzene rings is 3. The zero-order valence-electron chi connectivity index (χ0n) is 21.3. The van der Waals surface area contributed by atoms with Crippen LogP contribution in [0.4, 0.5) is 4.39 Å². The summed E-state index contributed by atoms with van der Waals surface area (Å²) in [6.07, 6.45) is 0.924. The van der Waals surface area contributed by atoms with Crippen LogP contribution in [0.1, 0.15) is 43.7 Å². The van der Waals surface area contributed by atoms with Gasteiger partial charge in [-0.3, -0.25) is 9.36 Å². The molecule has 3 rings (SSSR count). The van der Waals surface area contributed by atoms with E-state index in [4.69, 9.17) is 18.5 Å². The molecule has 36 heavy (non-hydrogen) atoms. The van der Waals surface area contributed by atoms with Gasteiger partial charge in [0.25, 0.3) is 0 Å². The smallest absolute Gasteiger partial charge is 0.337 e. The standard InChI is InChI=1S/C28H32FO6P/c1-19-12-23(27(30)17-36(31,33-4)34-5)13-20(2)26(19)16-22-8-11-28(35-18-32-3)24(15-22)14-21-6-9-25(29)10-7-21/h6-13,15H,14,16-18H2,1-5H3. The molecule has 0 heterocycles. The summed E-state index contributed by atoms with van der Waals surface area (Å²) in [5, 5.41) is 0. The number of hydrogen-bond acceptors (Lipinski definition) is 6. The fourth-order valence-electron chi connectivity index (χ4n) is 4.07. The zero-order valence-corrected chi connectivity index (χ0v) is 22.2. The summed E-state index contributed by atoms with van der Waals surface area (Å²) in [6, 6.07) is 16.1. The van der Waals surface area contributed by atoms with Crippen LogP contribution >= 0.6 is 7.60 Å². The van der Waals surface area contributed by atoms with Crippen LogP contribution in [0, 0.1) is 19.7 Å². The van der Waals surface area contributed by atoms with Gasteiger partial charge in [0.1, 0.15) is 17.7 Å². The number of carbonyl (C=O) groups excluding carboxylic acids is 1. The maximum absolute atomic E-state index is 13.4. The van der Waals surface area contributed by atoms with Crippen LogP contribution in [0.3, 0.4) is 0 Å². The fraction of sp³-hybridized carbons (Fsp3) is 0.321. The third kappa shape index (κ3) is 7.11. The molecule has 3 aromatic carbocycles. The number of aryl methyl sites for hydroxylation is 2. The topological polar surface area (TPSA) is 71.1 Å². The average Bonchev–Trinajstić information content (AvgIpc) is 2.86. The molecular formula is C28H32FO6P. The summed E-state index contributed by atoms with van der Waals surface area (Å²) in [5.41, 5.74) is 6.51. The van der Waals surface area contributed by atoms with E-state index in [0.717, 1.165) is 33.4 Å². The summed E-state index contributed by atoms with van der Waals surface area (Å²) in [7, 11) is 0.667. The Kier molecular flexibility index (Phi) is 9.57. The van der Waals surface area contributed by atoms with Crippen molar-refractivity contribution in [1.82, 2.24) is 0 Å². The molecule has 0 saturated heterocycles. The number of halogens is 1. The molecule has 0 radical (unpaired) electrons. The molecule has 0 atom stereocenters. The van der Waals surface area contributed by atoms with Gasteiger partial charge in [-0.05, 0) is 84.0 Å². The van der Waals surface area contributed by atoms with E-state index in [2.05, 4.69) is 6.07 Å². The van der Waals surface area contributed by atoms with E-state index in [9.17, 15) is 13.8 Å². The van der Waals surface area contributed by atoms with Gasteiger partial charge in [-0.15, -0.1) is 0 Å². The van der Waals surface area contributed by atoms with Gasteiger partial charge in [-0.1, -0.05) is 24.3 Å². The lowest BCUT2D eigenvalue weighted by Crippen LogP contribution is -2.10. The minimum absolute atomic E-state index is 0.128. The third-order valence-corrected chi connectivity index (χ3v) is 7.84. The highest BCUT2D eigenvalue weighted by atomic mass is 31.2. The predicted octanol–water partition coefficient (Wildman–Crippen LogP) is 6.28. The van der Waals surface area contributed by atoms with Gasteiger partial charge >= 0.3 is 7.60 Å². The first kappa shape index (κ1) is 27.8. The molecule has 0 aliphatic carbocycles. The first-order valence-corrected chi connectivity index (χ1v) is 13.2. The van der Waals surface area contributed by atoms with E-state index in [1.807, 2.05) is 38.1 Å². The van der Waals surface area contributed by atoms with Crippen LogP contribution in [0.25, 0.3) is 0 Å². The van der Waals surface area contributed by atoms with E-state index in [1.54, 1.807) is 19.2 Å². The van der Waals surface area contributed by atoms with Crippen molar-refractivity contribution in [2.24, 2.45) is 0 Å². The largest absolute Gasteiger partial charge is 0.467 e. The lowest BCUT2D eigenvalue weighted by molar-refractivity contribution is 0.0505.